The third-order valence-corrected chi connectivity index (χ3v) is 8.92. The molecule has 0 amide bonds. The van der Waals surface area contributed by atoms with Gasteiger partial charge in [-0.3, -0.25) is 13.9 Å². The second-order valence-corrected chi connectivity index (χ2v) is 12.5. The summed E-state index contributed by atoms with van der Waals surface area (Å²) in [5.74, 6) is -0.784. The van der Waals surface area contributed by atoms with E-state index in [1.807, 2.05) is 18.2 Å². The van der Waals surface area contributed by atoms with E-state index in [9.17, 15) is 19.6 Å². The molecule has 236 valence electrons. The van der Waals surface area contributed by atoms with Crippen molar-refractivity contribution in [1.82, 2.24) is 24.6 Å². The Morgan fingerprint density at radius 2 is 1.93 bits per heavy atom. The second kappa shape index (κ2) is 12.3. The SMILES string of the molecule is COC(=O)C(NP(=O)(OC[C@H]1OC(n2cnc3c(OC)nc(N)nc32)[C@](C)(O)[C@@H]1O)Oc1cccc2ccccc12)C(C)C. The summed E-state index contributed by atoms with van der Waals surface area (Å²) in [5.41, 5.74) is 4.39. The predicted molar refractivity (Wildman–Crippen MR) is 159 cm³/mol. The maximum absolute atomic E-state index is 14.4. The highest BCUT2D eigenvalue weighted by atomic mass is 31.2. The van der Waals surface area contributed by atoms with Crippen molar-refractivity contribution in [2.24, 2.45) is 5.92 Å². The number of aliphatic hydroxyl groups is 2. The minimum absolute atomic E-state index is 0.0999. The highest BCUT2D eigenvalue weighted by Gasteiger charge is 2.54. The first kappa shape index (κ1) is 31.6. The van der Waals surface area contributed by atoms with Crippen molar-refractivity contribution in [2.75, 3.05) is 26.6 Å². The Labute approximate surface area is 252 Å². The van der Waals surface area contributed by atoms with E-state index in [4.69, 9.17) is 29.0 Å². The number of hydrogen-bond acceptors (Lipinski definition) is 13. The van der Waals surface area contributed by atoms with Gasteiger partial charge in [-0.1, -0.05) is 50.2 Å². The fraction of sp³-hybridized carbons (Fsp3) is 0.429. The van der Waals surface area contributed by atoms with Gasteiger partial charge in [-0.25, -0.2) is 9.55 Å². The number of nitrogens with zero attached hydrogens (tertiary/aromatic N) is 4. The quantitative estimate of drug-likeness (QED) is 0.139. The summed E-state index contributed by atoms with van der Waals surface area (Å²) in [6.07, 6.45) is -2.62. The van der Waals surface area contributed by atoms with E-state index >= 15 is 0 Å². The van der Waals surface area contributed by atoms with Crippen LogP contribution in [0, 0.1) is 5.92 Å². The lowest BCUT2D eigenvalue weighted by atomic mass is 9.96. The van der Waals surface area contributed by atoms with E-state index in [2.05, 4.69) is 20.0 Å². The van der Waals surface area contributed by atoms with Gasteiger partial charge in [-0.05, 0) is 24.3 Å². The average Bonchev–Trinajstić information content (AvgIpc) is 3.51. The van der Waals surface area contributed by atoms with E-state index in [0.717, 1.165) is 5.39 Å². The van der Waals surface area contributed by atoms with Crippen molar-refractivity contribution in [2.45, 2.75) is 50.8 Å². The van der Waals surface area contributed by atoms with Crippen molar-refractivity contribution < 1.29 is 42.8 Å². The molecule has 4 aromatic rings. The van der Waals surface area contributed by atoms with Crippen LogP contribution in [0.4, 0.5) is 5.95 Å². The Morgan fingerprint density at radius 1 is 1.20 bits per heavy atom. The molecular formula is C28H35N6O9P. The van der Waals surface area contributed by atoms with Gasteiger partial charge in [0.2, 0.25) is 11.8 Å². The maximum atomic E-state index is 14.4. The van der Waals surface area contributed by atoms with Crippen molar-refractivity contribution in [3.8, 4) is 11.6 Å². The highest BCUT2D eigenvalue weighted by Crippen LogP contribution is 2.49. The van der Waals surface area contributed by atoms with Crippen LogP contribution >= 0.6 is 7.75 Å². The third kappa shape index (κ3) is 5.94. The van der Waals surface area contributed by atoms with E-state index in [1.165, 1.54) is 32.0 Å². The summed E-state index contributed by atoms with van der Waals surface area (Å²) >= 11 is 0. The molecule has 1 aliphatic heterocycles. The van der Waals surface area contributed by atoms with Crippen LogP contribution in [0.25, 0.3) is 21.9 Å². The van der Waals surface area contributed by atoms with Crippen molar-refractivity contribution >= 4 is 41.6 Å². The average molecular weight is 631 g/mol. The number of carbonyl (C=O) groups is 1. The lowest BCUT2D eigenvalue weighted by molar-refractivity contribution is -0.143. The molecule has 1 fully saturated rings. The summed E-state index contributed by atoms with van der Waals surface area (Å²) in [4.78, 5) is 25.1. The lowest BCUT2D eigenvalue weighted by Gasteiger charge is -2.28. The zero-order valence-electron chi connectivity index (χ0n) is 24.8. The number of nitrogens with one attached hydrogen (secondary N) is 1. The van der Waals surface area contributed by atoms with Crippen LogP contribution in [-0.4, -0.2) is 80.4 Å². The summed E-state index contributed by atoms with van der Waals surface area (Å²) in [5, 5.41) is 26.7. The van der Waals surface area contributed by atoms with Crippen LogP contribution in [-0.2, 0) is 23.4 Å². The van der Waals surface area contributed by atoms with Crippen molar-refractivity contribution in [3.05, 3.63) is 48.8 Å². The molecule has 5 N–H and O–H groups in total. The number of ether oxygens (including phenoxy) is 3. The van der Waals surface area contributed by atoms with Crippen LogP contribution < -0.4 is 20.1 Å². The number of carbonyl (C=O) groups excluding carboxylic acids is 1. The summed E-state index contributed by atoms with van der Waals surface area (Å²) in [7, 11) is -1.76. The summed E-state index contributed by atoms with van der Waals surface area (Å²) in [6, 6.07) is 11.5. The van der Waals surface area contributed by atoms with Gasteiger partial charge >= 0.3 is 13.7 Å². The molecular weight excluding hydrogens is 595 g/mol. The van der Waals surface area contributed by atoms with Crippen molar-refractivity contribution in [1.29, 1.82) is 0 Å². The predicted octanol–water partition coefficient (Wildman–Crippen LogP) is 2.57. The van der Waals surface area contributed by atoms with Gasteiger partial charge in [0.1, 0.15) is 29.6 Å². The van der Waals surface area contributed by atoms with Gasteiger partial charge in [0.25, 0.3) is 0 Å². The number of nitrogen functional groups attached to an aromatic ring is 1. The highest BCUT2D eigenvalue weighted by molar-refractivity contribution is 7.52. The number of esters is 1. The number of hydrogen-bond donors (Lipinski definition) is 4. The number of nitrogens with two attached hydrogens (primary N) is 1. The van der Waals surface area contributed by atoms with Crippen LogP contribution in [0.1, 0.15) is 27.0 Å². The molecule has 16 heteroatoms. The van der Waals surface area contributed by atoms with Gasteiger partial charge < -0.3 is 34.7 Å². The van der Waals surface area contributed by atoms with Gasteiger partial charge in [-0.2, -0.15) is 15.1 Å². The molecule has 2 aromatic carbocycles. The third-order valence-electron chi connectivity index (χ3n) is 7.40. The number of rotatable bonds is 11. The largest absolute Gasteiger partial charge is 0.479 e. The molecule has 1 saturated heterocycles. The number of benzene rings is 2. The Hall–Kier alpha value is -3.85. The smallest absolute Gasteiger partial charge is 0.459 e. The number of methoxy groups -OCH3 is 2. The zero-order valence-corrected chi connectivity index (χ0v) is 25.7. The Morgan fingerprint density at radius 3 is 2.64 bits per heavy atom. The monoisotopic (exact) mass is 630 g/mol. The first-order chi connectivity index (χ1) is 20.9. The molecule has 3 heterocycles. The van der Waals surface area contributed by atoms with E-state index in [1.54, 1.807) is 38.1 Å². The molecule has 15 nitrogen and oxygen atoms in total. The van der Waals surface area contributed by atoms with Gasteiger partial charge in [0.05, 0.1) is 27.2 Å². The minimum atomic E-state index is -4.38. The molecule has 5 rings (SSSR count). The standard InChI is InChI=1S/C28H35N6O9P/c1-15(2)20(25(36)40-5)33-44(38,43-18-12-8-10-16-9-6-7-11-17(16)18)41-13-19-22(35)28(3,37)26(42-19)34-14-30-21-23(34)31-27(29)32-24(21)39-4/h6-12,14-15,19-20,22,26,35,37H,13H2,1-5H3,(H,33,38)(H2,29,31,32)/t19-,20?,22-,26?,28-,44?/m1/s1. The molecule has 6 atom stereocenters. The van der Waals surface area contributed by atoms with E-state index < -0.39 is 50.4 Å². The fourth-order valence-electron chi connectivity index (χ4n) is 5.04. The summed E-state index contributed by atoms with van der Waals surface area (Å²) < 4.78 is 43.8. The van der Waals surface area contributed by atoms with E-state index in [-0.39, 0.29) is 34.7 Å². The Kier molecular flexibility index (Phi) is 8.80. The Balaban J connectivity index is 1.45. The van der Waals surface area contributed by atoms with Crippen LogP contribution in [0.15, 0.2) is 48.8 Å². The molecule has 0 spiro atoms. The van der Waals surface area contributed by atoms with Crippen LogP contribution in [0.2, 0.25) is 0 Å². The normalized spacial score (nSPS) is 24.0. The first-order valence-electron chi connectivity index (χ1n) is 13.8. The first-order valence-corrected chi connectivity index (χ1v) is 15.3. The molecule has 3 unspecified atom stereocenters. The van der Waals surface area contributed by atoms with Gasteiger partial charge in [0, 0.05) is 5.39 Å². The second-order valence-electron chi connectivity index (χ2n) is 10.8. The molecule has 0 aliphatic carbocycles. The molecule has 1 aliphatic rings. The number of aliphatic hydroxyl groups excluding tert-OH is 1. The number of anilines is 1. The molecule has 0 saturated carbocycles. The van der Waals surface area contributed by atoms with Crippen LogP contribution in [0.5, 0.6) is 11.6 Å². The number of imidazole rings is 1. The lowest BCUT2D eigenvalue weighted by Crippen LogP contribution is -2.45. The van der Waals surface area contributed by atoms with Crippen molar-refractivity contribution in [3.63, 3.8) is 0 Å². The van der Waals surface area contributed by atoms with Crippen LogP contribution in [0.3, 0.4) is 0 Å². The maximum Gasteiger partial charge on any atom is 0.459 e. The molecule has 2 aromatic heterocycles. The zero-order chi connectivity index (χ0) is 31.8. The molecule has 44 heavy (non-hydrogen) atoms. The minimum Gasteiger partial charge on any atom is -0.479 e. The number of aromatic nitrogens is 4. The topological polar surface area (TPSA) is 202 Å². The summed E-state index contributed by atoms with van der Waals surface area (Å²) in [6.45, 7) is 4.33. The number of fused-ring (bicyclic) bond motifs is 2. The molecule has 0 bridgehead atoms. The van der Waals surface area contributed by atoms with Gasteiger partial charge in [0.15, 0.2) is 17.4 Å². The van der Waals surface area contributed by atoms with Gasteiger partial charge in [-0.15, -0.1) is 0 Å². The Bertz CT molecular complexity index is 1710. The van der Waals surface area contributed by atoms with E-state index in [0.29, 0.717) is 5.39 Å². The fourth-order valence-corrected chi connectivity index (χ4v) is 6.72. The molecule has 0 radical (unpaired) electrons.